The summed E-state index contributed by atoms with van der Waals surface area (Å²) in [4.78, 5) is 151. The van der Waals surface area contributed by atoms with Crippen LogP contribution in [0, 0.1) is 5.92 Å². The number of amides is 11. The van der Waals surface area contributed by atoms with E-state index in [2.05, 4.69) is 65.4 Å². The van der Waals surface area contributed by atoms with Crippen LogP contribution in [0.25, 0.3) is 0 Å². The Balaban J connectivity index is 3.77. The average Bonchev–Trinajstić information content (AvgIpc) is 3.37. The van der Waals surface area contributed by atoms with Crippen molar-refractivity contribution in [2.75, 3.05) is 39.3 Å². The van der Waals surface area contributed by atoms with Gasteiger partial charge in [-0.15, -0.1) is 0 Å². The fourth-order valence-electron chi connectivity index (χ4n) is 8.10. The summed E-state index contributed by atoms with van der Waals surface area (Å²) < 4.78 is 0. The van der Waals surface area contributed by atoms with Gasteiger partial charge < -0.3 is 102 Å². The van der Waals surface area contributed by atoms with E-state index < -0.39 is 163 Å². The first-order chi connectivity index (χ1) is 37.3. The second-order valence-corrected chi connectivity index (χ2v) is 20.0. The topological polar surface area (TPSA) is 505 Å². The SMILES string of the molecule is CCCCCCCC(=O)N[C@@H](CCN)C(=O)N[C@H](C(=O)N[C@@H](CCN)C(=O)N[C@H]1CCNC(=O)[C@H]([C@@H](C)O)NC(=O)[C@H](CO)NC(=O)[C@H](CCN)NC(=O)[C@H]([C@@H](C)O)NC(=O)[C@@H](CC(C)C)NC(=O)[C@H](CCN)NC1=O)[C@@H](C)O. The minimum absolute atomic E-state index is 0.0236. The molecule has 1 aliphatic rings. The number of nitrogens with one attached hydrogen (secondary N) is 11. The van der Waals surface area contributed by atoms with Gasteiger partial charge in [0.1, 0.15) is 60.4 Å². The highest BCUT2D eigenvalue weighted by atomic mass is 16.3. The molecule has 23 N–H and O–H groups in total. The molecule has 79 heavy (non-hydrogen) atoms. The molecule has 30 heteroatoms. The van der Waals surface area contributed by atoms with Crippen LogP contribution >= 0.6 is 0 Å². The van der Waals surface area contributed by atoms with E-state index in [0.717, 1.165) is 39.5 Å². The predicted octanol–water partition coefficient (Wildman–Crippen LogP) is -7.71. The van der Waals surface area contributed by atoms with Gasteiger partial charge >= 0.3 is 0 Å². The Morgan fingerprint density at radius 3 is 1.53 bits per heavy atom. The number of hydrogen-bond acceptors (Lipinski definition) is 19. The standard InChI is InChI=1S/C49H91N15O15/c1-7-8-9-10-11-12-36(69)55-29(13-18-50)44(74)63-38(27(5)67)48(78)58-31(15-20-52)40(70)57-33-17-22-54-47(77)37(26(4)66)62-46(76)35(24-65)61-42(72)32(16-21-53)59-49(79)39(28(6)68)64-45(75)34(23-25(2)3)60-41(71)30(14-19-51)56-43(33)73/h25-35,37-39,65-68H,7-24,50-53H2,1-6H3,(H,54,77)(H,55,69)(H,56,73)(H,57,70)(H,58,78)(H,59,79)(H,60,71)(H,61,72)(H,62,76)(H,63,74)(H,64,75)/t26-,27-,28-,29+,30+,31+,32+,33+,34-,35+,37+,38+,39+/m1/s1. The summed E-state index contributed by atoms with van der Waals surface area (Å²) in [5.74, 6) is -11.1. The van der Waals surface area contributed by atoms with E-state index in [1.54, 1.807) is 13.8 Å². The molecule has 0 radical (unpaired) electrons. The molecule has 0 aromatic rings. The molecule has 0 bridgehead atoms. The number of unbranched alkanes of at least 4 members (excludes halogenated alkanes) is 4. The number of carbonyl (C=O) groups excluding carboxylic acids is 11. The Morgan fingerprint density at radius 1 is 0.557 bits per heavy atom. The molecular weight excluding hydrogens is 1040 g/mol. The quantitative estimate of drug-likeness (QED) is 0.0340. The highest BCUT2D eigenvalue weighted by Crippen LogP contribution is 2.11. The third-order valence-electron chi connectivity index (χ3n) is 12.6. The zero-order valence-electron chi connectivity index (χ0n) is 46.4. The van der Waals surface area contributed by atoms with E-state index >= 15 is 0 Å². The van der Waals surface area contributed by atoms with Gasteiger partial charge in [0.25, 0.3) is 0 Å². The molecule has 11 amide bonds. The lowest BCUT2D eigenvalue weighted by Gasteiger charge is -2.29. The number of carbonyl (C=O) groups is 11. The Hall–Kier alpha value is -6.15. The molecule has 1 heterocycles. The molecule has 1 rings (SSSR count). The molecule has 1 saturated heterocycles. The van der Waals surface area contributed by atoms with Crippen molar-refractivity contribution in [2.45, 2.75) is 197 Å². The summed E-state index contributed by atoms with van der Waals surface area (Å²) in [6, 6.07) is -16.0. The minimum atomic E-state index is -1.79. The zero-order valence-corrected chi connectivity index (χ0v) is 46.4. The van der Waals surface area contributed by atoms with Gasteiger partial charge in [-0.05, 0) is 97.8 Å². The Morgan fingerprint density at radius 2 is 1.04 bits per heavy atom. The van der Waals surface area contributed by atoms with Crippen LogP contribution in [-0.4, -0.2) is 203 Å². The second kappa shape index (κ2) is 37.7. The molecule has 0 spiro atoms. The van der Waals surface area contributed by atoms with Crippen molar-refractivity contribution in [3.63, 3.8) is 0 Å². The van der Waals surface area contributed by atoms with E-state index in [1.165, 1.54) is 6.92 Å². The largest absolute Gasteiger partial charge is 0.394 e. The Labute approximate surface area is 461 Å². The molecule has 0 saturated carbocycles. The molecule has 13 atom stereocenters. The van der Waals surface area contributed by atoms with Crippen LogP contribution in [-0.2, 0) is 52.7 Å². The normalized spacial score (nSPS) is 23.8. The molecule has 1 aliphatic heterocycles. The van der Waals surface area contributed by atoms with Crippen LogP contribution in [0.15, 0.2) is 0 Å². The number of rotatable bonds is 27. The van der Waals surface area contributed by atoms with Gasteiger partial charge in [0.05, 0.1) is 24.9 Å². The average molecular weight is 1130 g/mol. The van der Waals surface area contributed by atoms with E-state index in [-0.39, 0.29) is 70.6 Å². The van der Waals surface area contributed by atoms with Crippen LogP contribution in [0.1, 0.15) is 119 Å². The van der Waals surface area contributed by atoms with Crippen LogP contribution < -0.4 is 81.4 Å². The van der Waals surface area contributed by atoms with Crippen molar-refractivity contribution in [1.82, 2.24) is 58.5 Å². The fourth-order valence-corrected chi connectivity index (χ4v) is 8.10. The van der Waals surface area contributed by atoms with Crippen molar-refractivity contribution in [3.05, 3.63) is 0 Å². The van der Waals surface area contributed by atoms with Gasteiger partial charge in [-0.1, -0.05) is 46.5 Å². The maximum absolute atomic E-state index is 14.3. The van der Waals surface area contributed by atoms with E-state index in [1.807, 2.05) is 0 Å². The van der Waals surface area contributed by atoms with Crippen molar-refractivity contribution >= 4 is 65.0 Å². The van der Waals surface area contributed by atoms with Gasteiger partial charge in [0, 0.05) is 13.0 Å². The lowest BCUT2D eigenvalue weighted by Crippen LogP contribution is -2.62. The first kappa shape index (κ1) is 70.9. The van der Waals surface area contributed by atoms with Crippen LogP contribution in [0.4, 0.5) is 0 Å². The Kier molecular flexibility index (Phi) is 33.8. The highest BCUT2D eigenvalue weighted by molar-refractivity contribution is 5.99. The monoisotopic (exact) mass is 1130 g/mol. The molecular formula is C49H91N15O15. The molecule has 0 unspecified atom stereocenters. The fraction of sp³-hybridized carbons (Fsp3) is 0.776. The van der Waals surface area contributed by atoms with Crippen LogP contribution in [0.3, 0.4) is 0 Å². The third-order valence-corrected chi connectivity index (χ3v) is 12.6. The number of aliphatic hydroxyl groups excluding tert-OH is 4. The van der Waals surface area contributed by atoms with Gasteiger partial charge in [0.15, 0.2) is 0 Å². The third kappa shape index (κ3) is 25.7. The van der Waals surface area contributed by atoms with Crippen molar-refractivity contribution in [2.24, 2.45) is 28.9 Å². The molecule has 452 valence electrons. The van der Waals surface area contributed by atoms with Gasteiger partial charge in [-0.25, -0.2) is 0 Å². The van der Waals surface area contributed by atoms with Gasteiger partial charge in [-0.3, -0.25) is 52.7 Å². The zero-order chi connectivity index (χ0) is 59.9. The Bertz CT molecular complexity index is 2000. The van der Waals surface area contributed by atoms with Gasteiger partial charge in [-0.2, -0.15) is 0 Å². The van der Waals surface area contributed by atoms with Crippen molar-refractivity contribution < 1.29 is 73.2 Å². The summed E-state index contributed by atoms with van der Waals surface area (Å²) >= 11 is 0. The predicted molar refractivity (Wildman–Crippen MR) is 287 cm³/mol. The molecule has 0 aromatic heterocycles. The first-order valence-corrected chi connectivity index (χ1v) is 27.1. The first-order valence-electron chi connectivity index (χ1n) is 27.1. The maximum Gasteiger partial charge on any atom is 0.245 e. The van der Waals surface area contributed by atoms with E-state index in [9.17, 15) is 73.2 Å². The van der Waals surface area contributed by atoms with E-state index in [0.29, 0.717) is 6.42 Å². The minimum Gasteiger partial charge on any atom is -0.394 e. The van der Waals surface area contributed by atoms with E-state index in [4.69, 9.17) is 22.9 Å². The van der Waals surface area contributed by atoms with Gasteiger partial charge in [0.2, 0.25) is 65.0 Å². The van der Waals surface area contributed by atoms with Crippen molar-refractivity contribution in [1.29, 1.82) is 0 Å². The summed E-state index contributed by atoms with van der Waals surface area (Å²) in [6.07, 6.45) is -1.71. The smallest absolute Gasteiger partial charge is 0.245 e. The summed E-state index contributed by atoms with van der Waals surface area (Å²) in [7, 11) is 0. The molecule has 0 aliphatic carbocycles. The van der Waals surface area contributed by atoms with Crippen LogP contribution in [0.2, 0.25) is 0 Å². The lowest BCUT2D eigenvalue weighted by molar-refractivity contribution is -0.137. The van der Waals surface area contributed by atoms with Crippen molar-refractivity contribution in [3.8, 4) is 0 Å². The lowest BCUT2D eigenvalue weighted by atomic mass is 10.0. The summed E-state index contributed by atoms with van der Waals surface area (Å²) in [6.45, 7) is 6.71. The summed E-state index contributed by atoms with van der Waals surface area (Å²) in [5, 5.41) is 68.7. The number of nitrogens with two attached hydrogens (primary N) is 4. The molecule has 30 nitrogen and oxygen atoms in total. The second-order valence-electron chi connectivity index (χ2n) is 20.0. The number of hydrogen-bond donors (Lipinski definition) is 19. The molecule has 0 aromatic carbocycles. The summed E-state index contributed by atoms with van der Waals surface area (Å²) in [5.41, 5.74) is 23.2. The number of aliphatic hydroxyl groups is 4. The van der Waals surface area contributed by atoms with Crippen LogP contribution in [0.5, 0.6) is 0 Å². The highest BCUT2D eigenvalue weighted by Gasteiger charge is 2.38. The maximum atomic E-state index is 14.3. The molecule has 1 fully saturated rings.